The molecule has 3 heteroatoms. The first-order valence-electron chi connectivity index (χ1n) is 5.89. The van der Waals surface area contributed by atoms with Crippen LogP contribution in [0.25, 0.3) is 0 Å². The van der Waals surface area contributed by atoms with Gasteiger partial charge in [0.1, 0.15) is 0 Å². The van der Waals surface area contributed by atoms with E-state index in [0.29, 0.717) is 0 Å². The Morgan fingerprint density at radius 2 is 2.12 bits per heavy atom. The second kappa shape index (κ2) is 8.15. The molecule has 0 aliphatic rings. The quantitative estimate of drug-likeness (QED) is 0.602. The molecule has 0 saturated heterocycles. The molecule has 0 heterocycles. The highest BCUT2D eigenvalue weighted by Gasteiger charge is 2.03. The fourth-order valence-electron chi connectivity index (χ4n) is 1.56. The number of halogens is 1. The van der Waals surface area contributed by atoms with Crippen LogP contribution in [0.4, 0.5) is 0 Å². The van der Waals surface area contributed by atoms with E-state index in [0.717, 1.165) is 17.4 Å². The molecule has 0 saturated carbocycles. The van der Waals surface area contributed by atoms with Gasteiger partial charge in [0.25, 0.3) is 0 Å². The summed E-state index contributed by atoms with van der Waals surface area (Å²) in [6, 6.07) is 6.49. The standard InChI is InChI=1S/C13H20BrNS/c1-2-3-4-9-16-13-10-12(14)6-5-11(13)7-8-15/h5-6,10H,2-4,7-9,15H2,1H3. The van der Waals surface area contributed by atoms with E-state index in [9.17, 15) is 0 Å². The van der Waals surface area contributed by atoms with Crippen molar-refractivity contribution in [3.05, 3.63) is 28.2 Å². The third kappa shape index (κ3) is 4.89. The van der Waals surface area contributed by atoms with Crippen molar-refractivity contribution in [1.82, 2.24) is 0 Å². The van der Waals surface area contributed by atoms with Crippen LogP contribution in [0.2, 0.25) is 0 Å². The second-order valence-electron chi connectivity index (χ2n) is 3.85. The first-order valence-corrected chi connectivity index (χ1v) is 7.67. The van der Waals surface area contributed by atoms with Crippen molar-refractivity contribution in [2.24, 2.45) is 5.73 Å². The fraction of sp³-hybridized carbons (Fsp3) is 0.538. The smallest absolute Gasteiger partial charge is 0.0186 e. The van der Waals surface area contributed by atoms with Crippen molar-refractivity contribution in [1.29, 1.82) is 0 Å². The zero-order valence-electron chi connectivity index (χ0n) is 9.84. The lowest BCUT2D eigenvalue weighted by Gasteiger charge is -2.08. The van der Waals surface area contributed by atoms with Crippen molar-refractivity contribution in [3.8, 4) is 0 Å². The first kappa shape index (κ1) is 14.1. The number of hydrogen-bond donors (Lipinski definition) is 1. The molecule has 1 aromatic rings. The average molecular weight is 302 g/mol. The third-order valence-corrected chi connectivity index (χ3v) is 4.13. The molecular weight excluding hydrogens is 282 g/mol. The van der Waals surface area contributed by atoms with Gasteiger partial charge in [0, 0.05) is 9.37 Å². The van der Waals surface area contributed by atoms with E-state index in [1.807, 2.05) is 11.8 Å². The Balaban J connectivity index is 2.57. The van der Waals surface area contributed by atoms with Gasteiger partial charge in [0.2, 0.25) is 0 Å². The fourth-order valence-corrected chi connectivity index (χ4v) is 3.21. The Morgan fingerprint density at radius 3 is 2.81 bits per heavy atom. The number of rotatable bonds is 7. The van der Waals surface area contributed by atoms with Crippen LogP contribution in [-0.2, 0) is 6.42 Å². The van der Waals surface area contributed by atoms with Crippen LogP contribution in [0.15, 0.2) is 27.6 Å². The SMILES string of the molecule is CCCCCSc1cc(Br)ccc1CCN. The monoisotopic (exact) mass is 301 g/mol. The Morgan fingerprint density at radius 1 is 1.31 bits per heavy atom. The van der Waals surface area contributed by atoms with Gasteiger partial charge in [0.05, 0.1) is 0 Å². The van der Waals surface area contributed by atoms with Crippen LogP contribution in [0.3, 0.4) is 0 Å². The van der Waals surface area contributed by atoms with Crippen LogP contribution >= 0.6 is 27.7 Å². The Kier molecular flexibility index (Phi) is 7.17. The maximum absolute atomic E-state index is 5.62. The number of nitrogens with two attached hydrogens (primary N) is 1. The molecule has 0 unspecified atom stereocenters. The number of hydrogen-bond acceptors (Lipinski definition) is 2. The van der Waals surface area contributed by atoms with E-state index >= 15 is 0 Å². The minimum Gasteiger partial charge on any atom is -0.330 e. The van der Waals surface area contributed by atoms with E-state index in [-0.39, 0.29) is 0 Å². The Bertz CT molecular complexity index is 315. The Labute approximate surface area is 111 Å². The maximum atomic E-state index is 5.62. The maximum Gasteiger partial charge on any atom is 0.0186 e. The van der Waals surface area contributed by atoms with Gasteiger partial charge in [-0.15, -0.1) is 11.8 Å². The van der Waals surface area contributed by atoms with E-state index < -0.39 is 0 Å². The molecular formula is C13H20BrNS. The van der Waals surface area contributed by atoms with Gasteiger partial charge in [0.15, 0.2) is 0 Å². The van der Waals surface area contributed by atoms with Gasteiger partial charge in [-0.2, -0.15) is 0 Å². The van der Waals surface area contributed by atoms with Crippen molar-refractivity contribution in [2.75, 3.05) is 12.3 Å². The molecule has 1 rings (SSSR count). The van der Waals surface area contributed by atoms with Crippen molar-refractivity contribution >= 4 is 27.7 Å². The third-order valence-electron chi connectivity index (χ3n) is 2.45. The largest absolute Gasteiger partial charge is 0.330 e. The lowest BCUT2D eigenvalue weighted by atomic mass is 10.1. The molecule has 1 nitrogen and oxygen atoms in total. The van der Waals surface area contributed by atoms with Crippen LogP contribution in [0, 0.1) is 0 Å². The molecule has 1 aromatic carbocycles. The highest BCUT2D eigenvalue weighted by Crippen LogP contribution is 2.27. The topological polar surface area (TPSA) is 26.0 Å². The summed E-state index contributed by atoms with van der Waals surface area (Å²) in [6.07, 6.45) is 4.89. The van der Waals surface area contributed by atoms with Crippen molar-refractivity contribution in [3.63, 3.8) is 0 Å². The van der Waals surface area contributed by atoms with Gasteiger partial charge >= 0.3 is 0 Å². The van der Waals surface area contributed by atoms with Gasteiger partial charge in [-0.1, -0.05) is 41.8 Å². The van der Waals surface area contributed by atoms with Crippen LogP contribution in [0.1, 0.15) is 31.7 Å². The first-order chi connectivity index (χ1) is 7.77. The normalized spacial score (nSPS) is 10.7. The molecule has 16 heavy (non-hydrogen) atoms. The van der Waals surface area contributed by atoms with Crippen molar-refractivity contribution < 1.29 is 0 Å². The molecule has 0 amide bonds. The summed E-state index contributed by atoms with van der Waals surface area (Å²) >= 11 is 5.48. The molecule has 0 aromatic heterocycles. The molecule has 2 N–H and O–H groups in total. The molecule has 0 aliphatic carbocycles. The molecule has 0 atom stereocenters. The summed E-state index contributed by atoms with van der Waals surface area (Å²) in [5.74, 6) is 1.21. The highest BCUT2D eigenvalue weighted by atomic mass is 79.9. The summed E-state index contributed by atoms with van der Waals surface area (Å²) in [7, 11) is 0. The van der Waals surface area contributed by atoms with E-state index in [1.165, 1.54) is 35.5 Å². The number of thioether (sulfide) groups is 1. The molecule has 0 aliphatic heterocycles. The zero-order chi connectivity index (χ0) is 11.8. The molecule has 0 fully saturated rings. The van der Waals surface area contributed by atoms with E-state index in [4.69, 9.17) is 5.73 Å². The lowest BCUT2D eigenvalue weighted by molar-refractivity contribution is 0.778. The van der Waals surface area contributed by atoms with Crippen LogP contribution in [0.5, 0.6) is 0 Å². The van der Waals surface area contributed by atoms with Gasteiger partial charge in [-0.25, -0.2) is 0 Å². The summed E-state index contributed by atoms with van der Waals surface area (Å²) in [6.45, 7) is 2.97. The predicted molar refractivity (Wildman–Crippen MR) is 77.1 cm³/mol. The molecule has 0 bridgehead atoms. The number of unbranched alkanes of at least 4 members (excludes halogenated alkanes) is 2. The summed E-state index contributed by atoms with van der Waals surface area (Å²) in [5, 5.41) is 0. The van der Waals surface area contributed by atoms with Crippen LogP contribution < -0.4 is 5.73 Å². The van der Waals surface area contributed by atoms with Gasteiger partial charge < -0.3 is 5.73 Å². The molecule has 0 spiro atoms. The second-order valence-corrected chi connectivity index (χ2v) is 5.90. The average Bonchev–Trinajstić information content (AvgIpc) is 2.28. The zero-order valence-corrected chi connectivity index (χ0v) is 12.2. The minimum atomic E-state index is 0.726. The minimum absolute atomic E-state index is 0.726. The highest BCUT2D eigenvalue weighted by molar-refractivity contribution is 9.10. The lowest BCUT2D eigenvalue weighted by Crippen LogP contribution is -2.03. The van der Waals surface area contributed by atoms with E-state index in [2.05, 4.69) is 41.1 Å². The predicted octanol–water partition coefficient (Wildman–Crippen LogP) is 4.23. The van der Waals surface area contributed by atoms with Gasteiger partial charge in [-0.05, 0) is 42.8 Å². The summed E-state index contributed by atoms with van der Waals surface area (Å²) in [5.41, 5.74) is 7.00. The van der Waals surface area contributed by atoms with E-state index in [1.54, 1.807) is 0 Å². The summed E-state index contributed by atoms with van der Waals surface area (Å²) < 4.78 is 1.16. The number of benzene rings is 1. The summed E-state index contributed by atoms with van der Waals surface area (Å²) in [4.78, 5) is 1.39. The van der Waals surface area contributed by atoms with Crippen molar-refractivity contribution in [2.45, 2.75) is 37.5 Å². The van der Waals surface area contributed by atoms with Crippen LogP contribution in [-0.4, -0.2) is 12.3 Å². The molecule has 0 radical (unpaired) electrons. The van der Waals surface area contributed by atoms with Gasteiger partial charge in [-0.3, -0.25) is 0 Å². The molecule has 90 valence electrons. The Hall–Kier alpha value is 0.01000.